The Balaban J connectivity index is 2.27. The zero-order valence-electron chi connectivity index (χ0n) is 13.7. The van der Waals surface area contributed by atoms with Gasteiger partial charge in [-0.05, 0) is 19.1 Å². The van der Waals surface area contributed by atoms with Crippen molar-refractivity contribution in [1.29, 1.82) is 0 Å². The first-order valence-corrected chi connectivity index (χ1v) is 7.28. The molecule has 1 N–H and O–H groups in total. The first kappa shape index (κ1) is 18.0. The van der Waals surface area contributed by atoms with Crippen molar-refractivity contribution in [3.05, 3.63) is 47.3 Å². The van der Waals surface area contributed by atoms with E-state index < -0.39 is 23.6 Å². The molecule has 0 saturated carbocycles. The van der Waals surface area contributed by atoms with Gasteiger partial charge in [0.05, 0.1) is 12.7 Å². The average Bonchev–Trinajstić information content (AvgIpc) is 2.88. The van der Waals surface area contributed by atoms with Crippen molar-refractivity contribution in [2.75, 3.05) is 27.3 Å². The molecule has 2 rings (SSSR count). The Morgan fingerprint density at radius 3 is 2.62 bits per heavy atom. The molecule has 8 heteroatoms. The van der Waals surface area contributed by atoms with E-state index in [1.54, 1.807) is 6.92 Å². The molecule has 0 saturated heterocycles. The summed E-state index contributed by atoms with van der Waals surface area (Å²) in [6, 6.07) is 3.48. The molecule has 0 bridgehead atoms. The molecular formula is C16H19F2N3O3. The van der Waals surface area contributed by atoms with Gasteiger partial charge in [0.15, 0.2) is 17.3 Å². The van der Waals surface area contributed by atoms with E-state index in [0.29, 0.717) is 5.56 Å². The predicted molar refractivity (Wildman–Crippen MR) is 83.1 cm³/mol. The van der Waals surface area contributed by atoms with Gasteiger partial charge in [0, 0.05) is 32.5 Å². The quantitative estimate of drug-likeness (QED) is 0.867. The van der Waals surface area contributed by atoms with Gasteiger partial charge >= 0.3 is 0 Å². The van der Waals surface area contributed by atoms with Crippen molar-refractivity contribution >= 4 is 5.91 Å². The Hall–Kier alpha value is -2.32. The molecule has 1 aromatic heterocycles. The van der Waals surface area contributed by atoms with Crippen LogP contribution in [0.5, 0.6) is 0 Å². The zero-order valence-corrected chi connectivity index (χ0v) is 13.7. The van der Waals surface area contributed by atoms with Crippen LogP contribution in [0.1, 0.15) is 16.1 Å². The molecule has 1 atom stereocenters. The maximum atomic E-state index is 13.9. The van der Waals surface area contributed by atoms with E-state index in [0.717, 1.165) is 16.8 Å². The zero-order chi connectivity index (χ0) is 17.9. The first-order valence-electron chi connectivity index (χ1n) is 7.28. The van der Waals surface area contributed by atoms with E-state index in [9.17, 15) is 18.7 Å². The molecule has 0 unspecified atom stereocenters. The minimum absolute atomic E-state index is 0.0486. The lowest BCUT2D eigenvalue weighted by molar-refractivity contribution is 0.0377. The third-order valence-electron chi connectivity index (χ3n) is 3.46. The van der Waals surface area contributed by atoms with Gasteiger partial charge in [0.1, 0.15) is 5.69 Å². The fraction of sp³-hybridized carbons (Fsp3) is 0.375. The molecule has 2 aromatic rings. The van der Waals surface area contributed by atoms with Crippen LogP contribution >= 0.6 is 0 Å². The monoisotopic (exact) mass is 339 g/mol. The summed E-state index contributed by atoms with van der Waals surface area (Å²) in [5.41, 5.74) is 0.183. The van der Waals surface area contributed by atoms with E-state index >= 15 is 0 Å². The first-order chi connectivity index (χ1) is 11.3. The van der Waals surface area contributed by atoms with E-state index in [1.165, 1.54) is 31.3 Å². The number of aromatic nitrogens is 2. The van der Waals surface area contributed by atoms with Gasteiger partial charge in [0.25, 0.3) is 5.91 Å². The number of nitrogens with zero attached hydrogens (tertiary/aromatic N) is 3. The summed E-state index contributed by atoms with van der Waals surface area (Å²) >= 11 is 0. The molecule has 1 heterocycles. The maximum absolute atomic E-state index is 13.9. The summed E-state index contributed by atoms with van der Waals surface area (Å²) in [5, 5.41) is 13.7. The van der Waals surface area contributed by atoms with Crippen molar-refractivity contribution in [2.45, 2.75) is 13.0 Å². The Morgan fingerprint density at radius 1 is 1.42 bits per heavy atom. The standard InChI is InChI=1S/C16H19F2N3O3/c1-10-7-21(15-12(17)5-4-6-13(15)18)19-14(10)16(23)20(2)8-11(22)9-24-3/h4-7,11,22H,8-9H2,1-3H3/t11-/m0/s1. The van der Waals surface area contributed by atoms with Crippen LogP contribution in [-0.2, 0) is 4.74 Å². The fourth-order valence-electron chi connectivity index (χ4n) is 2.32. The van der Waals surface area contributed by atoms with Crippen LogP contribution in [0.3, 0.4) is 0 Å². The highest BCUT2D eigenvalue weighted by Crippen LogP contribution is 2.19. The van der Waals surface area contributed by atoms with E-state index in [2.05, 4.69) is 5.10 Å². The van der Waals surface area contributed by atoms with Crippen LogP contribution in [-0.4, -0.2) is 59.1 Å². The Bertz CT molecular complexity index is 713. The van der Waals surface area contributed by atoms with Gasteiger partial charge in [-0.2, -0.15) is 5.10 Å². The summed E-state index contributed by atoms with van der Waals surface area (Å²) in [6.45, 7) is 1.76. The van der Waals surface area contributed by atoms with Gasteiger partial charge in [0.2, 0.25) is 0 Å². The second-order valence-electron chi connectivity index (χ2n) is 5.47. The van der Waals surface area contributed by atoms with Crippen LogP contribution < -0.4 is 0 Å². The number of carbonyl (C=O) groups is 1. The summed E-state index contributed by atoms with van der Waals surface area (Å²) in [7, 11) is 2.95. The number of benzene rings is 1. The van der Waals surface area contributed by atoms with Gasteiger partial charge in [-0.25, -0.2) is 13.5 Å². The van der Waals surface area contributed by atoms with Crippen LogP contribution in [0.15, 0.2) is 24.4 Å². The van der Waals surface area contributed by atoms with Gasteiger partial charge in [-0.15, -0.1) is 0 Å². The lowest BCUT2D eigenvalue weighted by Gasteiger charge is -2.19. The molecule has 0 fully saturated rings. The molecule has 6 nitrogen and oxygen atoms in total. The Morgan fingerprint density at radius 2 is 2.04 bits per heavy atom. The number of rotatable bonds is 6. The highest BCUT2D eigenvalue weighted by molar-refractivity contribution is 5.93. The SMILES string of the molecule is COC[C@@H](O)CN(C)C(=O)c1nn(-c2c(F)cccc2F)cc1C. The predicted octanol–water partition coefficient (Wildman–Crippen LogP) is 1.54. The van der Waals surface area contributed by atoms with Gasteiger partial charge in [-0.3, -0.25) is 4.79 Å². The second kappa shape index (κ2) is 7.50. The van der Waals surface area contributed by atoms with Gasteiger partial charge in [-0.1, -0.05) is 6.07 Å². The van der Waals surface area contributed by atoms with E-state index in [1.807, 2.05) is 0 Å². The molecule has 24 heavy (non-hydrogen) atoms. The Kier molecular flexibility index (Phi) is 5.63. The highest BCUT2D eigenvalue weighted by atomic mass is 19.1. The second-order valence-corrected chi connectivity index (χ2v) is 5.47. The van der Waals surface area contributed by atoms with E-state index in [4.69, 9.17) is 4.74 Å². The summed E-state index contributed by atoms with van der Waals surface area (Å²) in [4.78, 5) is 13.7. The molecular weight excluding hydrogens is 320 g/mol. The van der Waals surface area contributed by atoms with Crippen LogP contribution in [0.4, 0.5) is 8.78 Å². The summed E-state index contributed by atoms with van der Waals surface area (Å²) < 4.78 is 33.5. The molecule has 0 spiro atoms. The number of para-hydroxylation sites is 1. The number of halogens is 2. The lowest BCUT2D eigenvalue weighted by Crippen LogP contribution is -2.36. The van der Waals surface area contributed by atoms with Crippen molar-refractivity contribution in [1.82, 2.24) is 14.7 Å². The lowest BCUT2D eigenvalue weighted by atomic mass is 10.2. The number of likely N-dealkylation sites (N-methyl/N-ethyl adjacent to an activating group) is 1. The minimum Gasteiger partial charge on any atom is -0.389 e. The number of aliphatic hydroxyl groups is 1. The number of methoxy groups -OCH3 is 1. The number of aliphatic hydroxyl groups excluding tert-OH is 1. The van der Waals surface area contributed by atoms with Gasteiger partial charge < -0.3 is 14.7 Å². The molecule has 1 amide bonds. The summed E-state index contributed by atoms with van der Waals surface area (Å²) in [5.74, 6) is -2.01. The summed E-state index contributed by atoms with van der Waals surface area (Å²) in [6.07, 6.45) is 0.545. The molecule has 1 aromatic carbocycles. The topological polar surface area (TPSA) is 67.6 Å². The molecule has 0 aliphatic rings. The van der Waals surface area contributed by atoms with Crippen LogP contribution in [0.25, 0.3) is 5.69 Å². The largest absolute Gasteiger partial charge is 0.389 e. The highest BCUT2D eigenvalue weighted by Gasteiger charge is 2.22. The third kappa shape index (κ3) is 3.77. The molecule has 0 aliphatic carbocycles. The average molecular weight is 339 g/mol. The normalized spacial score (nSPS) is 12.2. The van der Waals surface area contributed by atoms with Crippen molar-refractivity contribution < 1.29 is 23.4 Å². The van der Waals surface area contributed by atoms with Crippen molar-refractivity contribution in [2.24, 2.45) is 0 Å². The van der Waals surface area contributed by atoms with Crippen LogP contribution in [0, 0.1) is 18.6 Å². The minimum atomic E-state index is -0.838. The Labute approximate surface area is 138 Å². The molecule has 0 aliphatic heterocycles. The van der Waals surface area contributed by atoms with Crippen molar-refractivity contribution in [3.8, 4) is 5.69 Å². The molecule has 130 valence electrons. The number of aryl methyl sites for hydroxylation is 1. The van der Waals surface area contributed by atoms with Crippen LogP contribution in [0.2, 0.25) is 0 Å². The number of ether oxygens (including phenoxy) is 1. The molecule has 0 radical (unpaired) electrons. The third-order valence-corrected chi connectivity index (χ3v) is 3.46. The number of hydrogen-bond acceptors (Lipinski definition) is 4. The smallest absolute Gasteiger partial charge is 0.274 e. The number of amides is 1. The number of carbonyl (C=O) groups excluding carboxylic acids is 1. The van der Waals surface area contributed by atoms with E-state index in [-0.39, 0.29) is 24.5 Å². The maximum Gasteiger partial charge on any atom is 0.274 e. The van der Waals surface area contributed by atoms with Crippen molar-refractivity contribution in [3.63, 3.8) is 0 Å². The fourth-order valence-corrected chi connectivity index (χ4v) is 2.32. The number of hydrogen-bond donors (Lipinski definition) is 1.